The van der Waals surface area contributed by atoms with E-state index in [1.54, 1.807) is 0 Å². The minimum atomic E-state index is -3.63. The Balaban J connectivity index is 1.38. The Morgan fingerprint density at radius 1 is 1.13 bits per heavy atom. The van der Waals surface area contributed by atoms with E-state index < -0.39 is 15.8 Å². The Morgan fingerprint density at radius 3 is 2.60 bits per heavy atom. The predicted molar refractivity (Wildman–Crippen MR) is 119 cm³/mol. The van der Waals surface area contributed by atoms with Crippen molar-refractivity contribution in [2.75, 3.05) is 26.2 Å². The van der Waals surface area contributed by atoms with Crippen LogP contribution in [0.5, 0.6) is 0 Å². The molecule has 158 valence electrons. The maximum absolute atomic E-state index is 13.0. The van der Waals surface area contributed by atoms with Gasteiger partial charge < -0.3 is 4.57 Å². The Kier molecular flexibility index (Phi) is 5.97. The average Bonchev–Trinajstić information content (AvgIpc) is 3.03. The van der Waals surface area contributed by atoms with Crippen molar-refractivity contribution in [2.45, 2.75) is 18.2 Å². The summed E-state index contributed by atoms with van der Waals surface area (Å²) in [6.45, 7) is 4.58. The summed E-state index contributed by atoms with van der Waals surface area (Å²) in [5.41, 5.74) is 3.55. The third-order valence-electron chi connectivity index (χ3n) is 5.35. The molecule has 2 aromatic carbocycles. The topological polar surface area (TPSA) is 54.3 Å². The molecular weight excluding hydrogens is 425 g/mol. The number of sulfonamides is 1. The van der Waals surface area contributed by atoms with Crippen LogP contribution in [-0.4, -0.2) is 44.1 Å². The monoisotopic (exact) mass is 447 g/mol. The van der Waals surface area contributed by atoms with Gasteiger partial charge in [0.25, 0.3) is 0 Å². The lowest BCUT2D eigenvalue weighted by Crippen LogP contribution is -2.37. The van der Waals surface area contributed by atoms with Crippen molar-refractivity contribution in [1.82, 2.24) is 14.2 Å². The Bertz CT molecular complexity index is 1200. The summed E-state index contributed by atoms with van der Waals surface area (Å²) in [6, 6.07) is 12.9. The summed E-state index contributed by atoms with van der Waals surface area (Å²) in [7, 11) is -3.63. The summed E-state index contributed by atoms with van der Waals surface area (Å²) in [4.78, 5) is 2.27. The Morgan fingerprint density at radius 2 is 1.90 bits per heavy atom. The molecule has 8 heteroatoms. The largest absolute Gasteiger partial charge is 0.318 e. The van der Waals surface area contributed by atoms with Gasteiger partial charge in [0, 0.05) is 54.4 Å². The first-order valence-corrected chi connectivity index (χ1v) is 11.6. The zero-order chi connectivity index (χ0) is 21.3. The Labute approximate surface area is 180 Å². The molecule has 0 spiro atoms. The van der Waals surface area contributed by atoms with Crippen molar-refractivity contribution in [3.63, 3.8) is 0 Å². The molecule has 0 atom stereocenters. The van der Waals surface area contributed by atoms with Crippen LogP contribution < -0.4 is 4.72 Å². The van der Waals surface area contributed by atoms with Crippen LogP contribution in [0.1, 0.15) is 12.1 Å². The molecule has 2 heterocycles. The van der Waals surface area contributed by atoms with Crippen LogP contribution in [0, 0.1) is 12.7 Å². The summed E-state index contributed by atoms with van der Waals surface area (Å²) < 4.78 is 42.5. The van der Waals surface area contributed by atoms with Gasteiger partial charge in [-0.1, -0.05) is 17.7 Å². The minimum Gasteiger partial charge on any atom is -0.318 e. The normalized spacial score (nSPS) is 15.5. The molecular formula is C22H23ClFN3O2S. The van der Waals surface area contributed by atoms with Gasteiger partial charge in [-0.05, 0) is 55.5 Å². The van der Waals surface area contributed by atoms with Crippen LogP contribution >= 0.6 is 11.6 Å². The van der Waals surface area contributed by atoms with Gasteiger partial charge in [0.15, 0.2) is 0 Å². The predicted octanol–water partition coefficient (Wildman–Crippen LogP) is 4.27. The van der Waals surface area contributed by atoms with Gasteiger partial charge in [-0.15, -0.1) is 0 Å². The highest BCUT2D eigenvalue weighted by atomic mass is 35.5. The van der Waals surface area contributed by atoms with Crippen molar-refractivity contribution in [2.24, 2.45) is 0 Å². The molecule has 0 radical (unpaired) electrons. The quantitative estimate of drug-likeness (QED) is 0.614. The van der Waals surface area contributed by atoms with E-state index in [0.29, 0.717) is 13.1 Å². The highest BCUT2D eigenvalue weighted by Crippen LogP contribution is 2.28. The lowest BCUT2D eigenvalue weighted by molar-refractivity contribution is 0.304. The fourth-order valence-corrected chi connectivity index (χ4v) is 5.05. The third kappa shape index (κ3) is 4.44. The number of halogens is 2. The van der Waals surface area contributed by atoms with Gasteiger partial charge in [0.05, 0.1) is 10.4 Å². The van der Waals surface area contributed by atoms with Crippen molar-refractivity contribution in [1.29, 1.82) is 0 Å². The highest BCUT2D eigenvalue weighted by molar-refractivity contribution is 7.89. The standard InChI is InChI=1S/C22H23ClFN3O2S/c1-16-14-17-15-18(23)2-7-22(17)27(16)20-8-11-26(12-9-20)13-10-25-30(28,29)21-5-3-19(24)4-6-21/h2-8,14-15,25H,9-13H2,1H3. The van der Waals surface area contributed by atoms with E-state index in [1.165, 1.54) is 23.5 Å². The molecule has 5 nitrogen and oxygen atoms in total. The summed E-state index contributed by atoms with van der Waals surface area (Å²) in [5, 5.41) is 1.85. The van der Waals surface area contributed by atoms with Crippen molar-refractivity contribution in [3.05, 3.63) is 71.1 Å². The molecule has 3 aromatic rings. The van der Waals surface area contributed by atoms with Crippen LogP contribution in [0.4, 0.5) is 4.39 Å². The molecule has 1 aliphatic heterocycles. The first-order chi connectivity index (χ1) is 14.3. The van der Waals surface area contributed by atoms with Crippen LogP contribution in [0.2, 0.25) is 5.02 Å². The Hall–Kier alpha value is -2.19. The first-order valence-electron chi connectivity index (χ1n) is 9.78. The number of hydrogen-bond acceptors (Lipinski definition) is 3. The van der Waals surface area contributed by atoms with Crippen molar-refractivity contribution < 1.29 is 12.8 Å². The minimum absolute atomic E-state index is 0.0693. The lowest BCUT2D eigenvalue weighted by atomic mass is 10.2. The fraction of sp³-hybridized carbons (Fsp3) is 0.273. The number of aromatic nitrogens is 1. The van der Waals surface area contributed by atoms with Crippen LogP contribution in [-0.2, 0) is 10.0 Å². The molecule has 0 bridgehead atoms. The molecule has 0 unspecified atom stereocenters. The average molecular weight is 448 g/mol. The summed E-state index contributed by atoms with van der Waals surface area (Å²) in [6.07, 6.45) is 3.07. The van der Waals surface area contributed by atoms with E-state index in [1.807, 2.05) is 18.2 Å². The molecule has 4 rings (SSSR count). The molecule has 30 heavy (non-hydrogen) atoms. The van der Waals surface area contributed by atoms with Gasteiger partial charge in [0.2, 0.25) is 10.0 Å². The number of hydrogen-bond donors (Lipinski definition) is 1. The number of rotatable bonds is 6. The van der Waals surface area contributed by atoms with Crippen molar-refractivity contribution in [3.8, 4) is 0 Å². The first kappa shape index (κ1) is 21.1. The van der Waals surface area contributed by atoms with Gasteiger partial charge >= 0.3 is 0 Å². The van der Waals surface area contributed by atoms with Crippen molar-refractivity contribution >= 4 is 38.2 Å². The van der Waals surface area contributed by atoms with E-state index in [-0.39, 0.29) is 4.90 Å². The van der Waals surface area contributed by atoms with E-state index in [2.05, 4.69) is 33.3 Å². The number of benzene rings is 2. The number of nitrogens with one attached hydrogen (secondary N) is 1. The summed E-state index contributed by atoms with van der Waals surface area (Å²) >= 11 is 6.12. The van der Waals surface area contributed by atoms with Crippen LogP contribution in [0.25, 0.3) is 16.6 Å². The van der Waals surface area contributed by atoms with Gasteiger partial charge in [-0.2, -0.15) is 0 Å². The van der Waals surface area contributed by atoms with Crippen LogP contribution in [0.15, 0.2) is 59.5 Å². The molecule has 0 fully saturated rings. The zero-order valence-corrected chi connectivity index (χ0v) is 18.2. The molecule has 1 N–H and O–H groups in total. The molecule has 1 aromatic heterocycles. The zero-order valence-electron chi connectivity index (χ0n) is 16.6. The van der Waals surface area contributed by atoms with Gasteiger partial charge in [-0.3, -0.25) is 4.90 Å². The maximum Gasteiger partial charge on any atom is 0.240 e. The molecule has 0 saturated carbocycles. The highest BCUT2D eigenvalue weighted by Gasteiger charge is 2.18. The SMILES string of the molecule is Cc1cc2cc(Cl)ccc2n1C1=CCN(CCNS(=O)(=O)c2ccc(F)cc2)CC1. The smallest absolute Gasteiger partial charge is 0.240 e. The number of nitrogens with zero attached hydrogens (tertiary/aromatic N) is 2. The van der Waals surface area contributed by atoms with Gasteiger partial charge in [0.1, 0.15) is 5.82 Å². The van der Waals surface area contributed by atoms with E-state index in [9.17, 15) is 12.8 Å². The lowest BCUT2D eigenvalue weighted by Gasteiger charge is -2.27. The summed E-state index contributed by atoms with van der Waals surface area (Å²) in [5.74, 6) is -0.460. The second kappa shape index (κ2) is 8.51. The van der Waals surface area contributed by atoms with E-state index in [0.717, 1.165) is 47.6 Å². The van der Waals surface area contributed by atoms with E-state index >= 15 is 0 Å². The molecule has 0 aliphatic carbocycles. The van der Waals surface area contributed by atoms with E-state index in [4.69, 9.17) is 11.6 Å². The molecule has 1 aliphatic rings. The molecule has 0 saturated heterocycles. The van der Waals surface area contributed by atoms with Gasteiger partial charge in [-0.25, -0.2) is 17.5 Å². The fourth-order valence-electron chi connectivity index (χ4n) is 3.85. The van der Waals surface area contributed by atoms with Crippen LogP contribution in [0.3, 0.4) is 0 Å². The third-order valence-corrected chi connectivity index (χ3v) is 7.06. The number of fused-ring (bicyclic) bond motifs is 1. The second-order valence-corrected chi connectivity index (χ2v) is 9.63. The molecule has 0 amide bonds. The number of aryl methyl sites for hydroxylation is 1. The maximum atomic E-state index is 13.0. The second-order valence-electron chi connectivity index (χ2n) is 7.42.